The molecule has 2 fully saturated rings. The summed E-state index contributed by atoms with van der Waals surface area (Å²) in [5, 5.41) is 0. The molecule has 1 aliphatic carbocycles. The minimum Gasteiger partial charge on any atom is -0.381 e. The molecule has 1 atom stereocenters. The molecule has 0 N–H and O–H groups in total. The zero-order valence-corrected chi connectivity index (χ0v) is 13.2. The minimum absolute atomic E-state index is 0.376. The smallest absolute Gasteiger partial charge is 0.0571 e. The molecule has 0 aromatic heterocycles. The third-order valence-corrected chi connectivity index (χ3v) is 7.20. The molecule has 2 heteroatoms. The standard InChI is InChI=1S/C15H30OSi/c1-3-15(13-8-10-17-11-9-13)12-4-6-14(16-2)7-5-12/h12-15H,3-11,17H2,1-2H3. The van der Waals surface area contributed by atoms with Crippen LogP contribution in [-0.2, 0) is 4.74 Å². The van der Waals surface area contributed by atoms with Crippen LogP contribution in [0, 0.1) is 17.8 Å². The minimum atomic E-state index is 0.376. The third-order valence-electron chi connectivity index (χ3n) is 5.38. The summed E-state index contributed by atoms with van der Waals surface area (Å²) in [6, 6.07) is 3.27. The van der Waals surface area contributed by atoms with E-state index in [9.17, 15) is 0 Å². The SMILES string of the molecule is CCC(C1CC[SiH2]CC1)C1CCC(OC)CC1. The average molecular weight is 254 g/mol. The first-order valence-corrected chi connectivity index (χ1v) is 9.88. The van der Waals surface area contributed by atoms with Crippen LogP contribution in [0.4, 0.5) is 0 Å². The molecule has 1 saturated carbocycles. The Labute approximate surface area is 110 Å². The predicted octanol–water partition coefficient (Wildman–Crippen LogP) is 3.63. The lowest BCUT2D eigenvalue weighted by Gasteiger charge is -2.38. The summed E-state index contributed by atoms with van der Waals surface area (Å²) in [6.45, 7) is 2.43. The third kappa shape index (κ3) is 3.57. The maximum absolute atomic E-state index is 5.50. The Bertz CT molecular complexity index is 205. The van der Waals surface area contributed by atoms with Crippen LogP contribution in [0.15, 0.2) is 0 Å². The van der Waals surface area contributed by atoms with E-state index in [1.807, 2.05) is 7.11 Å². The van der Waals surface area contributed by atoms with Crippen LogP contribution in [0.2, 0.25) is 12.1 Å². The van der Waals surface area contributed by atoms with E-state index in [0.29, 0.717) is 15.6 Å². The summed E-state index contributed by atoms with van der Waals surface area (Å²) in [6.07, 6.45) is 10.7. The molecule has 2 rings (SSSR count). The zero-order valence-electron chi connectivity index (χ0n) is 11.8. The highest BCUT2D eigenvalue weighted by Crippen LogP contribution is 2.41. The molecule has 0 aromatic carbocycles. The van der Waals surface area contributed by atoms with Crippen molar-refractivity contribution in [3.63, 3.8) is 0 Å². The van der Waals surface area contributed by atoms with Gasteiger partial charge >= 0.3 is 0 Å². The summed E-state index contributed by atoms with van der Waals surface area (Å²) in [4.78, 5) is 0. The summed E-state index contributed by atoms with van der Waals surface area (Å²) in [7, 11) is 2.26. The average Bonchev–Trinajstić information content (AvgIpc) is 2.42. The summed E-state index contributed by atoms with van der Waals surface area (Å²) in [5.74, 6) is 3.16. The molecule has 0 bridgehead atoms. The van der Waals surface area contributed by atoms with Gasteiger partial charge < -0.3 is 4.74 Å². The lowest BCUT2D eigenvalue weighted by atomic mass is 9.70. The second-order valence-electron chi connectivity index (χ2n) is 6.24. The van der Waals surface area contributed by atoms with E-state index in [-0.39, 0.29) is 0 Å². The first kappa shape index (κ1) is 13.6. The van der Waals surface area contributed by atoms with Gasteiger partial charge in [-0.2, -0.15) is 0 Å². The molecule has 0 amide bonds. The topological polar surface area (TPSA) is 9.23 Å². The maximum atomic E-state index is 5.50. The number of methoxy groups -OCH3 is 1. The second kappa shape index (κ2) is 6.94. The van der Waals surface area contributed by atoms with Crippen molar-refractivity contribution < 1.29 is 4.74 Å². The van der Waals surface area contributed by atoms with Crippen molar-refractivity contribution in [1.82, 2.24) is 0 Å². The molecule has 1 saturated heterocycles. The Kier molecular flexibility index (Phi) is 5.55. The highest BCUT2D eigenvalue weighted by molar-refractivity contribution is 6.35. The Balaban J connectivity index is 1.85. The van der Waals surface area contributed by atoms with Crippen LogP contribution in [0.3, 0.4) is 0 Å². The van der Waals surface area contributed by atoms with Crippen LogP contribution in [0.1, 0.15) is 51.9 Å². The Morgan fingerprint density at radius 2 is 1.59 bits per heavy atom. The molecule has 2 aliphatic rings. The van der Waals surface area contributed by atoms with Crippen LogP contribution < -0.4 is 0 Å². The molecule has 1 nitrogen and oxygen atoms in total. The molecular formula is C15H30OSi. The predicted molar refractivity (Wildman–Crippen MR) is 77.4 cm³/mol. The van der Waals surface area contributed by atoms with E-state index in [0.717, 1.165) is 17.8 Å². The Morgan fingerprint density at radius 3 is 2.12 bits per heavy atom. The van der Waals surface area contributed by atoms with Crippen molar-refractivity contribution in [3.8, 4) is 0 Å². The van der Waals surface area contributed by atoms with E-state index < -0.39 is 0 Å². The molecule has 0 aromatic rings. The van der Waals surface area contributed by atoms with Gasteiger partial charge in [-0.1, -0.05) is 38.3 Å². The largest absolute Gasteiger partial charge is 0.381 e. The Morgan fingerprint density at radius 1 is 1.00 bits per heavy atom. The van der Waals surface area contributed by atoms with Gasteiger partial charge in [0, 0.05) is 16.6 Å². The van der Waals surface area contributed by atoms with Crippen molar-refractivity contribution in [1.29, 1.82) is 0 Å². The van der Waals surface area contributed by atoms with Gasteiger partial charge in [-0.15, -0.1) is 0 Å². The van der Waals surface area contributed by atoms with Crippen LogP contribution in [0.5, 0.6) is 0 Å². The molecule has 1 heterocycles. The zero-order chi connectivity index (χ0) is 12.1. The lowest BCUT2D eigenvalue weighted by Crippen LogP contribution is -2.30. The quantitative estimate of drug-likeness (QED) is 0.696. The van der Waals surface area contributed by atoms with Crippen LogP contribution >= 0.6 is 0 Å². The van der Waals surface area contributed by atoms with Crippen molar-refractivity contribution in [2.75, 3.05) is 7.11 Å². The van der Waals surface area contributed by atoms with Crippen molar-refractivity contribution in [3.05, 3.63) is 0 Å². The summed E-state index contributed by atoms with van der Waals surface area (Å²) < 4.78 is 5.50. The second-order valence-corrected chi connectivity index (χ2v) is 8.36. The number of rotatable bonds is 4. The van der Waals surface area contributed by atoms with Crippen molar-refractivity contribution in [2.24, 2.45) is 17.8 Å². The van der Waals surface area contributed by atoms with Gasteiger partial charge in [-0.3, -0.25) is 0 Å². The summed E-state index contributed by atoms with van der Waals surface area (Å²) in [5.41, 5.74) is 0. The molecule has 17 heavy (non-hydrogen) atoms. The van der Waals surface area contributed by atoms with Gasteiger partial charge in [0.2, 0.25) is 0 Å². The normalized spacial score (nSPS) is 38.1. The monoisotopic (exact) mass is 254 g/mol. The first-order chi connectivity index (χ1) is 8.35. The van der Waals surface area contributed by atoms with E-state index in [2.05, 4.69) is 6.92 Å². The van der Waals surface area contributed by atoms with Crippen LogP contribution in [0.25, 0.3) is 0 Å². The molecule has 1 aliphatic heterocycles. The van der Waals surface area contributed by atoms with Gasteiger partial charge in [-0.25, -0.2) is 0 Å². The van der Waals surface area contributed by atoms with Gasteiger partial charge in [0.25, 0.3) is 0 Å². The van der Waals surface area contributed by atoms with Gasteiger partial charge in [-0.05, 0) is 43.4 Å². The van der Waals surface area contributed by atoms with Crippen LogP contribution in [-0.4, -0.2) is 22.7 Å². The van der Waals surface area contributed by atoms with E-state index >= 15 is 0 Å². The fraction of sp³-hybridized carbons (Fsp3) is 1.00. The molecule has 1 unspecified atom stereocenters. The summed E-state index contributed by atoms with van der Waals surface area (Å²) >= 11 is 0. The molecule has 100 valence electrons. The fourth-order valence-electron chi connectivity index (χ4n) is 4.37. The van der Waals surface area contributed by atoms with Crippen molar-refractivity contribution in [2.45, 2.75) is 70.1 Å². The lowest BCUT2D eigenvalue weighted by molar-refractivity contribution is 0.0365. The highest BCUT2D eigenvalue weighted by atomic mass is 28.2. The van der Waals surface area contributed by atoms with Gasteiger partial charge in [0.1, 0.15) is 0 Å². The van der Waals surface area contributed by atoms with Gasteiger partial charge in [0.15, 0.2) is 0 Å². The van der Waals surface area contributed by atoms with E-state index in [1.54, 1.807) is 24.9 Å². The van der Waals surface area contributed by atoms with E-state index in [4.69, 9.17) is 4.74 Å². The van der Waals surface area contributed by atoms with Crippen molar-refractivity contribution >= 4 is 9.52 Å². The fourth-order valence-corrected chi connectivity index (χ4v) is 6.35. The Hall–Kier alpha value is 0.177. The molecule has 0 spiro atoms. The maximum Gasteiger partial charge on any atom is 0.0571 e. The molecular weight excluding hydrogens is 224 g/mol. The molecule has 0 radical (unpaired) electrons. The van der Waals surface area contributed by atoms with Gasteiger partial charge in [0.05, 0.1) is 6.10 Å². The number of ether oxygens (including phenoxy) is 1. The first-order valence-electron chi connectivity index (χ1n) is 7.88. The number of hydrogen-bond donors (Lipinski definition) is 0. The van der Waals surface area contributed by atoms with E-state index in [1.165, 1.54) is 32.1 Å². The highest BCUT2D eigenvalue weighted by Gasteiger charge is 2.32. The number of hydrogen-bond acceptors (Lipinski definition) is 1.